The van der Waals surface area contributed by atoms with E-state index in [1.807, 2.05) is 42.8 Å². The molecule has 1 N–H and O–H groups in total. The standard InChI is InChI=1S/C15H14ClN5O/c1-9-5-12(19-20-15(9)16)11-3-4-14(13(7-22)18-11)21-6-10(2)17-8-21/h3-6,8,22H,7H2,1-2H3. The minimum Gasteiger partial charge on any atom is -0.390 e. The molecule has 0 spiro atoms. The normalized spacial score (nSPS) is 10.9. The van der Waals surface area contributed by atoms with Crippen LogP contribution >= 0.6 is 11.6 Å². The van der Waals surface area contributed by atoms with Gasteiger partial charge in [-0.05, 0) is 37.6 Å². The van der Waals surface area contributed by atoms with Crippen LogP contribution in [0, 0.1) is 13.8 Å². The first-order valence-electron chi connectivity index (χ1n) is 6.70. The first kappa shape index (κ1) is 14.6. The highest BCUT2D eigenvalue weighted by molar-refractivity contribution is 6.30. The lowest BCUT2D eigenvalue weighted by Crippen LogP contribution is -2.03. The van der Waals surface area contributed by atoms with Gasteiger partial charge in [0.05, 0.1) is 35.7 Å². The molecule has 0 saturated heterocycles. The second kappa shape index (κ2) is 5.82. The summed E-state index contributed by atoms with van der Waals surface area (Å²) in [5.74, 6) is 0. The molecule has 0 atom stereocenters. The fourth-order valence-electron chi connectivity index (χ4n) is 2.14. The highest BCUT2D eigenvalue weighted by Crippen LogP contribution is 2.22. The fraction of sp³-hybridized carbons (Fsp3) is 0.200. The zero-order valence-corrected chi connectivity index (χ0v) is 12.9. The molecular weight excluding hydrogens is 302 g/mol. The lowest BCUT2D eigenvalue weighted by atomic mass is 10.2. The van der Waals surface area contributed by atoms with Crippen molar-refractivity contribution < 1.29 is 5.11 Å². The molecule has 7 heteroatoms. The molecule has 0 radical (unpaired) electrons. The lowest BCUT2D eigenvalue weighted by Gasteiger charge is -2.09. The lowest BCUT2D eigenvalue weighted by molar-refractivity contribution is 0.276. The van der Waals surface area contributed by atoms with Crippen molar-refractivity contribution in [1.29, 1.82) is 0 Å². The van der Waals surface area contributed by atoms with Gasteiger partial charge >= 0.3 is 0 Å². The summed E-state index contributed by atoms with van der Waals surface area (Å²) < 4.78 is 1.83. The Morgan fingerprint density at radius 1 is 1.18 bits per heavy atom. The third-order valence-electron chi connectivity index (χ3n) is 3.28. The average molecular weight is 316 g/mol. The first-order valence-corrected chi connectivity index (χ1v) is 7.08. The molecule has 0 fully saturated rings. The van der Waals surface area contributed by atoms with Crippen molar-refractivity contribution in [3.05, 3.63) is 52.8 Å². The number of aromatic nitrogens is 5. The molecule has 3 aromatic heterocycles. The summed E-state index contributed by atoms with van der Waals surface area (Å²) in [5.41, 5.74) is 4.30. The van der Waals surface area contributed by atoms with E-state index < -0.39 is 0 Å². The molecule has 0 amide bonds. The van der Waals surface area contributed by atoms with Crippen LogP contribution in [0.2, 0.25) is 5.15 Å². The molecule has 6 nitrogen and oxygen atoms in total. The van der Waals surface area contributed by atoms with Gasteiger partial charge in [0.25, 0.3) is 0 Å². The maximum Gasteiger partial charge on any atom is 0.154 e. The maximum atomic E-state index is 9.60. The van der Waals surface area contributed by atoms with Gasteiger partial charge in [0.2, 0.25) is 0 Å². The van der Waals surface area contributed by atoms with E-state index in [0.717, 1.165) is 16.9 Å². The first-order chi connectivity index (χ1) is 10.6. The van der Waals surface area contributed by atoms with Gasteiger partial charge in [0, 0.05) is 6.20 Å². The summed E-state index contributed by atoms with van der Waals surface area (Å²) in [6.45, 7) is 3.58. The van der Waals surface area contributed by atoms with Gasteiger partial charge in [-0.3, -0.25) is 0 Å². The van der Waals surface area contributed by atoms with E-state index in [1.54, 1.807) is 6.33 Å². The van der Waals surface area contributed by atoms with Crippen LogP contribution in [0.4, 0.5) is 0 Å². The number of aryl methyl sites for hydroxylation is 2. The quantitative estimate of drug-likeness (QED) is 0.803. The van der Waals surface area contributed by atoms with E-state index >= 15 is 0 Å². The third kappa shape index (κ3) is 2.70. The van der Waals surface area contributed by atoms with Crippen LogP contribution in [-0.2, 0) is 6.61 Å². The third-order valence-corrected chi connectivity index (χ3v) is 3.65. The van der Waals surface area contributed by atoms with Crippen molar-refractivity contribution in [2.75, 3.05) is 0 Å². The number of nitrogens with zero attached hydrogens (tertiary/aromatic N) is 5. The zero-order chi connectivity index (χ0) is 15.7. The van der Waals surface area contributed by atoms with Gasteiger partial charge in [0.1, 0.15) is 5.69 Å². The van der Waals surface area contributed by atoms with Gasteiger partial charge in [-0.1, -0.05) is 11.6 Å². The zero-order valence-electron chi connectivity index (χ0n) is 12.2. The molecule has 0 aromatic carbocycles. The number of hydrogen-bond donors (Lipinski definition) is 1. The smallest absolute Gasteiger partial charge is 0.154 e. The van der Waals surface area contributed by atoms with E-state index in [0.29, 0.717) is 22.2 Å². The Morgan fingerprint density at radius 3 is 2.64 bits per heavy atom. The second-order valence-corrected chi connectivity index (χ2v) is 5.30. The monoisotopic (exact) mass is 315 g/mol. The largest absolute Gasteiger partial charge is 0.390 e. The van der Waals surface area contributed by atoms with E-state index in [1.165, 1.54) is 0 Å². The highest BCUT2D eigenvalue weighted by atomic mass is 35.5. The molecule has 0 bridgehead atoms. The molecule has 0 unspecified atom stereocenters. The summed E-state index contributed by atoms with van der Waals surface area (Å²) in [6, 6.07) is 5.53. The highest BCUT2D eigenvalue weighted by Gasteiger charge is 2.11. The summed E-state index contributed by atoms with van der Waals surface area (Å²) >= 11 is 5.89. The van der Waals surface area contributed by atoms with Crippen LogP contribution < -0.4 is 0 Å². The van der Waals surface area contributed by atoms with Gasteiger partial charge in [-0.15, -0.1) is 10.2 Å². The van der Waals surface area contributed by atoms with Crippen LogP contribution in [0.5, 0.6) is 0 Å². The molecule has 0 saturated carbocycles. The Kier molecular flexibility index (Phi) is 3.87. The number of aliphatic hydroxyl groups is 1. The Labute approximate surface area is 132 Å². The van der Waals surface area contributed by atoms with Crippen molar-refractivity contribution in [1.82, 2.24) is 24.7 Å². The van der Waals surface area contributed by atoms with Gasteiger partial charge in [0.15, 0.2) is 5.15 Å². The number of imidazole rings is 1. The second-order valence-electron chi connectivity index (χ2n) is 4.95. The summed E-state index contributed by atoms with van der Waals surface area (Å²) in [5, 5.41) is 17.9. The molecule has 0 aliphatic carbocycles. The Balaban J connectivity index is 2.06. The Bertz CT molecular complexity index is 831. The predicted molar refractivity (Wildman–Crippen MR) is 82.8 cm³/mol. The van der Waals surface area contributed by atoms with Crippen molar-refractivity contribution >= 4 is 11.6 Å². The van der Waals surface area contributed by atoms with Crippen LogP contribution in [-0.4, -0.2) is 29.8 Å². The maximum absolute atomic E-state index is 9.60. The molecule has 3 aromatic rings. The van der Waals surface area contributed by atoms with E-state index in [9.17, 15) is 5.11 Å². The van der Waals surface area contributed by atoms with E-state index in [4.69, 9.17) is 11.6 Å². The van der Waals surface area contributed by atoms with Gasteiger partial charge in [-0.25, -0.2) is 9.97 Å². The van der Waals surface area contributed by atoms with Crippen LogP contribution in [0.25, 0.3) is 17.1 Å². The van der Waals surface area contributed by atoms with E-state index in [-0.39, 0.29) is 6.61 Å². The summed E-state index contributed by atoms with van der Waals surface area (Å²) in [4.78, 5) is 8.66. The minimum absolute atomic E-state index is 0.180. The Morgan fingerprint density at radius 2 is 2.00 bits per heavy atom. The van der Waals surface area contributed by atoms with Crippen LogP contribution in [0.1, 0.15) is 17.0 Å². The number of hydrogen-bond acceptors (Lipinski definition) is 5. The average Bonchev–Trinajstić information content (AvgIpc) is 2.95. The molecule has 3 heterocycles. The van der Waals surface area contributed by atoms with Gasteiger partial charge in [-0.2, -0.15) is 0 Å². The topological polar surface area (TPSA) is 76.7 Å². The number of pyridine rings is 1. The van der Waals surface area contributed by atoms with Crippen molar-refractivity contribution in [2.24, 2.45) is 0 Å². The molecule has 112 valence electrons. The predicted octanol–water partition coefficient (Wildman–Crippen LogP) is 2.49. The number of halogens is 1. The molecule has 0 aliphatic heterocycles. The van der Waals surface area contributed by atoms with Crippen molar-refractivity contribution in [2.45, 2.75) is 20.5 Å². The number of rotatable bonds is 3. The van der Waals surface area contributed by atoms with Crippen LogP contribution in [0.3, 0.4) is 0 Å². The molecular formula is C15H14ClN5O. The molecule has 3 rings (SSSR count). The van der Waals surface area contributed by atoms with Crippen molar-refractivity contribution in [3.63, 3.8) is 0 Å². The molecule has 22 heavy (non-hydrogen) atoms. The van der Waals surface area contributed by atoms with E-state index in [2.05, 4.69) is 20.2 Å². The fourth-order valence-corrected chi connectivity index (χ4v) is 2.23. The summed E-state index contributed by atoms with van der Waals surface area (Å²) in [6.07, 6.45) is 3.57. The summed E-state index contributed by atoms with van der Waals surface area (Å²) in [7, 11) is 0. The van der Waals surface area contributed by atoms with Gasteiger partial charge < -0.3 is 9.67 Å². The SMILES string of the molecule is Cc1cn(-c2ccc(-c3cc(C)c(Cl)nn3)nc2CO)cn1. The number of aliphatic hydroxyl groups excluding tert-OH is 1. The van der Waals surface area contributed by atoms with Crippen LogP contribution in [0.15, 0.2) is 30.7 Å². The van der Waals surface area contributed by atoms with Crippen molar-refractivity contribution in [3.8, 4) is 17.1 Å². The minimum atomic E-state index is -0.180. The molecule has 0 aliphatic rings. The Hall–Kier alpha value is -2.31.